The van der Waals surface area contributed by atoms with E-state index in [4.69, 9.17) is 0 Å². The first kappa shape index (κ1) is 15.7. The summed E-state index contributed by atoms with van der Waals surface area (Å²) in [4.78, 5) is 14.5. The maximum absolute atomic E-state index is 12.3. The lowest BCUT2D eigenvalue weighted by molar-refractivity contribution is -0.127. The van der Waals surface area contributed by atoms with Gasteiger partial charge in [0, 0.05) is 19.1 Å². The van der Waals surface area contributed by atoms with Gasteiger partial charge in [0.05, 0.1) is 12.1 Å². The molecule has 0 aromatic carbocycles. The van der Waals surface area contributed by atoms with Gasteiger partial charge in [-0.1, -0.05) is 12.8 Å². The highest BCUT2D eigenvalue weighted by Gasteiger charge is 2.36. The largest absolute Gasteiger partial charge is 0.352 e. The second-order valence-corrected chi connectivity index (χ2v) is 7.20. The fourth-order valence-corrected chi connectivity index (χ4v) is 3.87. The molecular formula is C15H25N3OS. The molecule has 112 valence electrons. The van der Waals surface area contributed by atoms with Gasteiger partial charge >= 0.3 is 0 Å². The third-order valence-corrected chi connectivity index (χ3v) is 6.11. The summed E-state index contributed by atoms with van der Waals surface area (Å²) in [5.41, 5.74) is 0. The van der Waals surface area contributed by atoms with Crippen LogP contribution >= 0.6 is 11.8 Å². The molecule has 0 aromatic rings. The Morgan fingerprint density at radius 2 is 2.00 bits per heavy atom. The smallest absolute Gasteiger partial charge is 0.237 e. The summed E-state index contributed by atoms with van der Waals surface area (Å²) >= 11 is 1.65. The van der Waals surface area contributed by atoms with Crippen molar-refractivity contribution in [1.29, 1.82) is 5.26 Å². The van der Waals surface area contributed by atoms with Crippen molar-refractivity contribution in [2.45, 2.75) is 62.3 Å². The van der Waals surface area contributed by atoms with E-state index < -0.39 is 0 Å². The number of hydrogen-bond acceptors (Lipinski definition) is 4. The Bertz CT molecular complexity index is 379. The van der Waals surface area contributed by atoms with Crippen LogP contribution in [0, 0.1) is 11.3 Å². The highest BCUT2D eigenvalue weighted by molar-refractivity contribution is 8.00. The standard InChI is InChI=1S/C15H25N3OS/c1-12(14(19)17-13-5-3-4-6-13)18-9-7-15(11-16,20-2)8-10-18/h12-13H,3-10H2,1-2H3,(H,17,19). The molecule has 0 spiro atoms. The van der Waals surface area contributed by atoms with Crippen molar-refractivity contribution in [2.24, 2.45) is 0 Å². The predicted octanol–water partition coefficient (Wildman–Crippen LogP) is 2.15. The minimum Gasteiger partial charge on any atom is -0.352 e. The van der Waals surface area contributed by atoms with E-state index in [9.17, 15) is 10.1 Å². The third kappa shape index (κ3) is 3.48. The number of piperidine rings is 1. The molecule has 4 nitrogen and oxygen atoms in total. The molecule has 1 heterocycles. The molecule has 0 radical (unpaired) electrons. The highest BCUT2D eigenvalue weighted by atomic mass is 32.2. The van der Waals surface area contributed by atoms with Gasteiger partial charge in [-0.05, 0) is 38.9 Å². The number of rotatable bonds is 4. The number of hydrogen-bond donors (Lipinski definition) is 1. The number of nitrogens with zero attached hydrogens (tertiary/aromatic N) is 2. The van der Waals surface area contributed by atoms with Crippen molar-refractivity contribution in [3.63, 3.8) is 0 Å². The van der Waals surface area contributed by atoms with E-state index in [-0.39, 0.29) is 16.7 Å². The van der Waals surface area contributed by atoms with E-state index in [1.165, 1.54) is 12.8 Å². The van der Waals surface area contributed by atoms with Crippen molar-refractivity contribution >= 4 is 17.7 Å². The summed E-state index contributed by atoms with van der Waals surface area (Å²) in [6.45, 7) is 3.67. The first-order chi connectivity index (χ1) is 9.60. The number of nitriles is 1. The van der Waals surface area contributed by atoms with Gasteiger partial charge in [-0.25, -0.2) is 0 Å². The molecule has 1 unspecified atom stereocenters. The average molecular weight is 295 g/mol. The van der Waals surface area contributed by atoms with Gasteiger partial charge in [0.1, 0.15) is 4.75 Å². The normalized spacial score (nSPS) is 25.1. The molecule has 1 N–H and O–H groups in total. The van der Waals surface area contributed by atoms with E-state index >= 15 is 0 Å². The first-order valence-electron chi connectivity index (χ1n) is 7.61. The Morgan fingerprint density at radius 1 is 1.40 bits per heavy atom. The molecule has 2 fully saturated rings. The Morgan fingerprint density at radius 3 is 2.50 bits per heavy atom. The van der Waals surface area contributed by atoms with E-state index in [0.29, 0.717) is 6.04 Å². The van der Waals surface area contributed by atoms with Crippen LogP contribution in [0.3, 0.4) is 0 Å². The first-order valence-corrected chi connectivity index (χ1v) is 8.83. The molecule has 2 aliphatic rings. The summed E-state index contributed by atoms with van der Waals surface area (Å²) in [6.07, 6.45) is 8.44. The van der Waals surface area contributed by atoms with E-state index in [1.54, 1.807) is 11.8 Å². The number of thioether (sulfide) groups is 1. The van der Waals surface area contributed by atoms with Crippen molar-refractivity contribution in [2.75, 3.05) is 19.3 Å². The second-order valence-electron chi connectivity index (χ2n) is 6.01. The van der Waals surface area contributed by atoms with Gasteiger partial charge in [0.2, 0.25) is 5.91 Å². The van der Waals surface area contributed by atoms with Crippen LogP contribution in [0.25, 0.3) is 0 Å². The quantitative estimate of drug-likeness (QED) is 0.863. The number of carbonyl (C=O) groups is 1. The topological polar surface area (TPSA) is 56.1 Å². The van der Waals surface area contributed by atoms with Crippen molar-refractivity contribution in [3.05, 3.63) is 0 Å². The second kappa shape index (κ2) is 6.82. The number of carbonyl (C=O) groups excluding carboxylic acids is 1. The highest BCUT2D eigenvalue weighted by Crippen LogP contribution is 2.34. The van der Waals surface area contributed by atoms with Crippen LogP contribution in [0.2, 0.25) is 0 Å². The Labute approximate surface area is 126 Å². The van der Waals surface area contributed by atoms with Crippen LogP contribution in [0.1, 0.15) is 45.4 Å². The van der Waals surface area contributed by atoms with Crippen LogP contribution < -0.4 is 5.32 Å². The Kier molecular flexibility index (Phi) is 5.34. The molecule has 0 aromatic heterocycles. The lowest BCUT2D eigenvalue weighted by Crippen LogP contribution is -2.52. The summed E-state index contributed by atoms with van der Waals surface area (Å²) in [5, 5.41) is 12.5. The van der Waals surface area contributed by atoms with Gasteiger partial charge in [0.15, 0.2) is 0 Å². The van der Waals surface area contributed by atoms with Gasteiger partial charge in [-0.15, -0.1) is 11.8 Å². The summed E-state index contributed by atoms with van der Waals surface area (Å²) in [5.74, 6) is 0.158. The van der Waals surface area contributed by atoms with Crippen LogP contribution in [0.5, 0.6) is 0 Å². The number of likely N-dealkylation sites (tertiary alicyclic amines) is 1. The molecule has 1 atom stereocenters. The predicted molar refractivity (Wildman–Crippen MR) is 82.5 cm³/mol. The van der Waals surface area contributed by atoms with Gasteiger partial charge < -0.3 is 5.32 Å². The van der Waals surface area contributed by atoms with E-state index in [1.807, 2.05) is 13.2 Å². The minimum atomic E-state index is -0.238. The SMILES string of the molecule is CSC1(C#N)CCN(C(C)C(=O)NC2CCCC2)CC1. The molecule has 1 aliphatic heterocycles. The molecular weight excluding hydrogens is 270 g/mol. The minimum absolute atomic E-state index is 0.0749. The summed E-state index contributed by atoms with van der Waals surface area (Å²) in [7, 11) is 0. The van der Waals surface area contributed by atoms with Gasteiger partial charge in [0.25, 0.3) is 0 Å². The maximum Gasteiger partial charge on any atom is 0.237 e. The molecule has 1 saturated carbocycles. The fourth-order valence-electron chi connectivity index (χ4n) is 3.19. The molecule has 1 saturated heterocycles. The van der Waals surface area contributed by atoms with Crippen molar-refractivity contribution in [1.82, 2.24) is 10.2 Å². The molecule has 2 rings (SSSR count). The lowest BCUT2D eigenvalue weighted by Gasteiger charge is -2.38. The number of nitrogens with one attached hydrogen (secondary N) is 1. The fraction of sp³-hybridized carbons (Fsp3) is 0.867. The average Bonchev–Trinajstić information content (AvgIpc) is 2.99. The Hall–Kier alpha value is -0.730. The molecule has 1 amide bonds. The van der Waals surface area contributed by atoms with Crippen LogP contribution in [0.15, 0.2) is 0 Å². The van der Waals surface area contributed by atoms with Crippen molar-refractivity contribution in [3.8, 4) is 6.07 Å². The number of amides is 1. The summed E-state index contributed by atoms with van der Waals surface area (Å²) < 4.78 is -0.238. The summed E-state index contributed by atoms with van der Waals surface area (Å²) in [6, 6.07) is 2.76. The zero-order chi connectivity index (χ0) is 14.6. The van der Waals surface area contributed by atoms with Crippen LogP contribution in [-0.2, 0) is 4.79 Å². The molecule has 1 aliphatic carbocycles. The maximum atomic E-state index is 12.3. The Balaban J connectivity index is 1.83. The molecule has 5 heteroatoms. The van der Waals surface area contributed by atoms with Crippen LogP contribution in [-0.4, -0.2) is 47.0 Å². The monoisotopic (exact) mass is 295 g/mol. The zero-order valence-electron chi connectivity index (χ0n) is 12.5. The molecule has 0 bridgehead atoms. The third-order valence-electron chi connectivity index (χ3n) is 4.83. The van der Waals surface area contributed by atoms with E-state index in [0.717, 1.165) is 38.8 Å². The van der Waals surface area contributed by atoms with Crippen molar-refractivity contribution < 1.29 is 4.79 Å². The molecule has 20 heavy (non-hydrogen) atoms. The van der Waals surface area contributed by atoms with Crippen LogP contribution in [0.4, 0.5) is 0 Å². The lowest BCUT2D eigenvalue weighted by atomic mass is 9.96. The van der Waals surface area contributed by atoms with Gasteiger partial charge in [-0.2, -0.15) is 5.26 Å². The van der Waals surface area contributed by atoms with Gasteiger partial charge in [-0.3, -0.25) is 9.69 Å². The zero-order valence-corrected chi connectivity index (χ0v) is 13.3. The van der Waals surface area contributed by atoms with E-state index in [2.05, 4.69) is 16.3 Å².